The summed E-state index contributed by atoms with van der Waals surface area (Å²) in [6.45, 7) is 3.98. The summed E-state index contributed by atoms with van der Waals surface area (Å²) in [4.78, 5) is 13.8. The minimum absolute atomic E-state index is 0.0180. The van der Waals surface area contributed by atoms with E-state index in [0.717, 1.165) is 27.9 Å². The quantitative estimate of drug-likeness (QED) is 0.216. The third-order valence-corrected chi connectivity index (χ3v) is 5.90. The lowest BCUT2D eigenvalue weighted by atomic mass is 10.0. The van der Waals surface area contributed by atoms with Gasteiger partial charge in [0.05, 0.1) is 11.7 Å². The van der Waals surface area contributed by atoms with Crippen molar-refractivity contribution in [2.24, 2.45) is 4.99 Å². The lowest BCUT2D eigenvalue weighted by Gasteiger charge is -2.41. The van der Waals surface area contributed by atoms with E-state index < -0.39 is 0 Å². The predicted molar refractivity (Wildman–Crippen MR) is 129 cm³/mol. The molecule has 1 fully saturated rings. The Morgan fingerprint density at radius 2 is 1.79 bits per heavy atom. The lowest BCUT2D eigenvalue weighted by Crippen LogP contribution is -2.53. The first-order chi connectivity index (χ1) is 16.2. The molecule has 1 N–H and O–H groups in total. The molecular weight excluding hydrogens is 412 g/mol. The van der Waals surface area contributed by atoms with Gasteiger partial charge >= 0.3 is 0 Å². The van der Waals surface area contributed by atoms with Crippen LogP contribution < -0.4 is 10.2 Å². The average Bonchev–Trinajstić information content (AvgIpc) is 3.29. The largest absolute Gasteiger partial charge is 0.423 e. The number of hydrogen-bond donors (Lipinski definition) is 1. The number of nitriles is 1. The maximum absolute atomic E-state index is 9.40. The summed E-state index contributed by atoms with van der Waals surface area (Å²) in [6, 6.07) is 26.6. The van der Waals surface area contributed by atoms with Crippen LogP contribution in [0.15, 0.2) is 88.3 Å². The highest BCUT2D eigenvalue weighted by molar-refractivity contribution is 5.85. The fraction of sp³-hybridized carbons (Fsp3) is 0.192. The van der Waals surface area contributed by atoms with Gasteiger partial charge in [-0.1, -0.05) is 60.7 Å². The van der Waals surface area contributed by atoms with Crippen LogP contribution in [0.2, 0.25) is 0 Å². The fourth-order valence-electron chi connectivity index (χ4n) is 4.18. The summed E-state index contributed by atoms with van der Waals surface area (Å²) in [5, 5.41) is 12.2. The molecule has 7 nitrogen and oxygen atoms in total. The van der Waals surface area contributed by atoms with Crippen molar-refractivity contribution >= 4 is 28.8 Å². The number of oxazole rings is 1. The van der Waals surface area contributed by atoms with E-state index >= 15 is 0 Å². The maximum atomic E-state index is 9.40. The van der Waals surface area contributed by atoms with E-state index in [2.05, 4.69) is 33.4 Å². The molecule has 164 valence electrons. The Hall–Kier alpha value is -4.31. The molecule has 1 aliphatic heterocycles. The van der Waals surface area contributed by atoms with Gasteiger partial charge in [0.15, 0.2) is 11.8 Å². The zero-order valence-corrected chi connectivity index (χ0v) is 18.3. The Bertz CT molecular complexity index is 1290. The highest BCUT2D eigenvalue weighted by atomic mass is 16.4. The Labute approximate surface area is 192 Å². The highest BCUT2D eigenvalue weighted by Crippen LogP contribution is 2.32. The summed E-state index contributed by atoms with van der Waals surface area (Å²) in [5.74, 6) is 0.546. The van der Waals surface area contributed by atoms with Crippen LogP contribution in [-0.2, 0) is 0 Å². The van der Waals surface area contributed by atoms with Crippen LogP contribution in [-0.4, -0.2) is 35.5 Å². The molecule has 0 amide bonds. The SMILES string of the molecule is Cc1ccccc1N=C(NC#N)N1CCN(c2nc3ccccc3o2)C(c2ccccc2)C1. The molecule has 0 bridgehead atoms. The number of hydrogen-bond acceptors (Lipinski definition) is 5. The third-order valence-electron chi connectivity index (χ3n) is 5.90. The zero-order valence-electron chi connectivity index (χ0n) is 18.3. The van der Waals surface area contributed by atoms with Crippen LogP contribution in [0.1, 0.15) is 17.2 Å². The number of benzene rings is 3. The molecule has 7 heteroatoms. The first kappa shape index (κ1) is 20.6. The van der Waals surface area contributed by atoms with Crippen molar-refractivity contribution in [1.82, 2.24) is 15.2 Å². The van der Waals surface area contributed by atoms with Gasteiger partial charge in [-0.3, -0.25) is 5.32 Å². The number of fused-ring (bicyclic) bond motifs is 1. The molecule has 0 radical (unpaired) electrons. The molecule has 1 atom stereocenters. The first-order valence-corrected chi connectivity index (χ1v) is 10.9. The van der Waals surface area contributed by atoms with Crippen LogP contribution in [0.5, 0.6) is 0 Å². The fourth-order valence-corrected chi connectivity index (χ4v) is 4.18. The highest BCUT2D eigenvalue weighted by Gasteiger charge is 2.33. The minimum atomic E-state index is -0.0180. The number of rotatable bonds is 3. The van der Waals surface area contributed by atoms with Crippen molar-refractivity contribution < 1.29 is 4.42 Å². The van der Waals surface area contributed by atoms with E-state index in [1.165, 1.54) is 0 Å². The number of guanidine groups is 1. The zero-order chi connectivity index (χ0) is 22.6. The van der Waals surface area contributed by atoms with Crippen molar-refractivity contribution in [1.29, 1.82) is 5.26 Å². The Balaban J connectivity index is 1.50. The van der Waals surface area contributed by atoms with Gasteiger partial charge in [0.2, 0.25) is 5.96 Å². The third kappa shape index (κ3) is 4.23. The van der Waals surface area contributed by atoms with E-state index in [0.29, 0.717) is 31.6 Å². The van der Waals surface area contributed by atoms with Crippen molar-refractivity contribution in [3.8, 4) is 6.19 Å². The van der Waals surface area contributed by atoms with Gasteiger partial charge in [0, 0.05) is 19.6 Å². The van der Waals surface area contributed by atoms with Crippen LogP contribution in [0.3, 0.4) is 0 Å². The van der Waals surface area contributed by atoms with Crippen LogP contribution in [0.4, 0.5) is 11.7 Å². The van der Waals surface area contributed by atoms with Crippen molar-refractivity contribution in [2.45, 2.75) is 13.0 Å². The van der Waals surface area contributed by atoms with E-state index in [1.807, 2.05) is 73.7 Å². The van der Waals surface area contributed by atoms with E-state index in [-0.39, 0.29) is 6.04 Å². The van der Waals surface area contributed by atoms with Gasteiger partial charge in [0.1, 0.15) is 5.52 Å². The molecule has 1 unspecified atom stereocenters. The molecule has 1 aromatic heterocycles. The second-order valence-electron chi connectivity index (χ2n) is 7.99. The van der Waals surface area contributed by atoms with Crippen LogP contribution in [0.25, 0.3) is 11.1 Å². The number of piperazine rings is 1. The smallest absolute Gasteiger partial charge is 0.299 e. The van der Waals surface area contributed by atoms with Gasteiger partial charge in [-0.25, -0.2) is 4.99 Å². The number of aliphatic imine (C=N–C) groups is 1. The normalized spacial score (nSPS) is 16.6. The van der Waals surface area contributed by atoms with E-state index in [4.69, 9.17) is 14.4 Å². The molecule has 5 rings (SSSR count). The summed E-state index contributed by atoms with van der Waals surface area (Å²) in [6.07, 6.45) is 2.05. The second kappa shape index (κ2) is 9.05. The van der Waals surface area contributed by atoms with E-state index in [1.54, 1.807) is 0 Å². The van der Waals surface area contributed by atoms with Crippen molar-refractivity contribution in [3.63, 3.8) is 0 Å². The number of nitrogens with zero attached hydrogens (tertiary/aromatic N) is 5. The van der Waals surface area contributed by atoms with E-state index in [9.17, 15) is 5.26 Å². The van der Waals surface area contributed by atoms with Gasteiger partial charge in [-0.15, -0.1) is 0 Å². The number of nitrogens with one attached hydrogen (secondary N) is 1. The predicted octanol–water partition coefficient (Wildman–Crippen LogP) is 4.76. The average molecular weight is 437 g/mol. The summed E-state index contributed by atoms with van der Waals surface area (Å²) < 4.78 is 6.11. The molecule has 4 aromatic rings. The number of aromatic nitrogens is 1. The standard InChI is InChI=1S/C26H24N6O/c1-19-9-5-6-12-21(19)29-25(28-18-27)31-15-16-32(23(17-31)20-10-3-2-4-11-20)26-30-22-13-7-8-14-24(22)33-26/h2-14,23H,15-17H2,1H3,(H,28,29). The summed E-state index contributed by atoms with van der Waals surface area (Å²) >= 11 is 0. The molecule has 0 aliphatic carbocycles. The van der Waals surface area contributed by atoms with Gasteiger partial charge in [-0.05, 0) is 36.2 Å². The van der Waals surface area contributed by atoms with Crippen molar-refractivity contribution in [3.05, 3.63) is 90.0 Å². The summed E-state index contributed by atoms with van der Waals surface area (Å²) in [7, 11) is 0. The number of aryl methyl sites for hydroxylation is 1. The van der Waals surface area contributed by atoms with Crippen LogP contribution in [0, 0.1) is 18.4 Å². The molecule has 3 aromatic carbocycles. The summed E-state index contributed by atoms with van der Waals surface area (Å²) in [5.41, 5.74) is 4.66. The Morgan fingerprint density at radius 3 is 2.58 bits per heavy atom. The molecule has 2 heterocycles. The molecule has 1 saturated heterocycles. The molecule has 1 aliphatic rings. The van der Waals surface area contributed by atoms with Gasteiger partial charge in [0.25, 0.3) is 6.01 Å². The molecule has 0 spiro atoms. The molecular formula is C26H24N6O. The molecule has 0 saturated carbocycles. The first-order valence-electron chi connectivity index (χ1n) is 10.9. The molecule has 33 heavy (non-hydrogen) atoms. The Kier molecular flexibility index (Phi) is 5.64. The topological polar surface area (TPSA) is 80.7 Å². The van der Waals surface area contributed by atoms with Gasteiger partial charge < -0.3 is 14.2 Å². The lowest BCUT2D eigenvalue weighted by molar-refractivity contribution is 0.312. The van der Waals surface area contributed by atoms with Crippen molar-refractivity contribution in [2.75, 3.05) is 24.5 Å². The van der Waals surface area contributed by atoms with Gasteiger partial charge in [-0.2, -0.15) is 10.2 Å². The minimum Gasteiger partial charge on any atom is -0.423 e. The Morgan fingerprint density at radius 1 is 1.03 bits per heavy atom. The second-order valence-corrected chi connectivity index (χ2v) is 7.99. The maximum Gasteiger partial charge on any atom is 0.299 e. The monoisotopic (exact) mass is 436 g/mol. The van der Waals surface area contributed by atoms with Crippen LogP contribution >= 0.6 is 0 Å². The number of para-hydroxylation sites is 3. The number of anilines is 1.